The van der Waals surface area contributed by atoms with E-state index in [9.17, 15) is 18.7 Å². The SMILES string of the molecule is CCCC(NC(=O)C(F)(F)C1(O)CCC1)c1nn[nH]n1. The van der Waals surface area contributed by atoms with Crippen molar-refractivity contribution in [2.24, 2.45) is 0 Å². The number of alkyl halides is 2. The first kappa shape index (κ1) is 14.8. The molecule has 1 heterocycles. The van der Waals surface area contributed by atoms with Crippen LogP contribution in [0, 0.1) is 0 Å². The topological polar surface area (TPSA) is 104 Å². The second-order valence-corrected chi connectivity index (χ2v) is 5.04. The van der Waals surface area contributed by atoms with E-state index < -0.39 is 23.5 Å². The van der Waals surface area contributed by atoms with Crippen LogP contribution in [0.5, 0.6) is 0 Å². The molecule has 1 unspecified atom stereocenters. The third kappa shape index (κ3) is 2.49. The summed E-state index contributed by atoms with van der Waals surface area (Å²) in [6, 6.07) is -0.749. The molecule has 2 rings (SSSR count). The lowest BCUT2D eigenvalue weighted by Crippen LogP contribution is -2.61. The quantitative estimate of drug-likeness (QED) is 0.715. The summed E-state index contributed by atoms with van der Waals surface area (Å²) in [7, 11) is 0. The smallest absolute Gasteiger partial charge is 0.352 e. The van der Waals surface area contributed by atoms with Gasteiger partial charge in [0.25, 0.3) is 5.91 Å². The Balaban J connectivity index is 2.08. The predicted molar refractivity (Wildman–Crippen MR) is 63.7 cm³/mol. The summed E-state index contributed by atoms with van der Waals surface area (Å²) < 4.78 is 27.9. The molecule has 1 amide bonds. The van der Waals surface area contributed by atoms with E-state index in [0.717, 1.165) is 0 Å². The number of nitrogens with zero attached hydrogens (tertiary/aromatic N) is 3. The Kier molecular flexibility index (Phi) is 3.98. The van der Waals surface area contributed by atoms with Gasteiger partial charge in [0, 0.05) is 0 Å². The van der Waals surface area contributed by atoms with Crippen molar-refractivity contribution < 1.29 is 18.7 Å². The number of tetrazole rings is 1. The monoisotopic (exact) mass is 289 g/mol. The lowest BCUT2D eigenvalue weighted by molar-refractivity contribution is -0.216. The van der Waals surface area contributed by atoms with Crippen LogP contribution in [0.15, 0.2) is 0 Å². The number of carbonyl (C=O) groups is 1. The Labute approximate surface area is 114 Å². The molecule has 1 fully saturated rings. The first-order valence-electron chi connectivity index (χ1n) is 6.55. The predicted octanol–water partition coefficient (Wildman–Crippen LogP) is 0.707. The highest BCUT2D eigenvalue weighted by Gasteiger charge is 2.61. The Bertz CT molecular complexity index is 461. The minimum absolute atomic E-state index is 0.0753. The number of aromatic amines is 1. The molecule has 1 aromatic heterocycles. The number of halogens is 2. The zero-order valence-corrected chi connectivity index (χ0v) is 11.1. The van der Waals surface area contributed by atoms with Gasteiger partial charge in [-0.25, -0.2) is 0 Å². The Hall–Kier alpha value is -1.64. The Morgan fingerprint density at radius 1 is 1.60 bits per heavy atom. The molecular formula is C11H17F2N5O2. The van der Waals surface area contributed by atoms with Crippen molar-refractivity contribution in [1.82, 2.24) is 25.9 Å². The molecule has 0 aromatic carbocycles. The molecule has 9 heteroatoms. The van der Waals surface area contributed by atoms with Gasteiger partial charge in [-0.2, -0.15) is 14.0 Å². The van der Waals surface area contributed by atoms with E-state index in [1.807, 2.05) is 6.92 Å². The number of rotatable bonds is 6. The van der Waals surface area contributed by atoms with Gasteiger partial charge in [0.05, 0.1) is 6.04 Å². The largest absolute Gasteiger partial charge is 0.383 e. The number of carbonyl (C=O) groups excluding carboxylic acids is 1. The molecule has 1 aromatic rings. The average Bonchev–Trinajstić information content (AvgIpc) is 2.88. The average molecular weight is 289 g/mol. The van der Waals surface area contributed by atoms with E-state index in [4.69, 9.17) is 0 Å². The molecule has 1 saturated carbocycles. The summed E-state index contributed by atoms with van der Waals surface area (Å²) in [6.45, 7) is 1.84. The number of hydrogen-bond acceptors (Lipinski definition) is 5. The summed E-state index contributed by atoms with van der Waals surface area (Å²) in [4.78, 5) is 11.8. The van der Waals surface area contributed by atoms with Gasteiger partial charge < -0.3 is 10.4 Å². The van der Waals surface area contributed by atoms with Crippen molar-refractivity contribution in [2.75, 3.05) is 0 Å². The van der Waals surface area contributed by atoms with Crippen molar-refractivity contribution in [2.45, 2.75) is 56.6 Å². The van der Waals surface area contributed by atoms with Crippen LogP contribution in [0.4, 0.5) is 8.78 Å². The molecule has 1 aliphatic rings. The van der Waals surface area contributed by atoms with Crippen LogP contribution in [-0.4, -0.2) is 43.2 Å². The molecule has 0 bridgehead atoms. The number of aliphatic hydroxyl groups is 1. The molecule has 3 N–H and O–H groups in total. The van der Waals surface area contributed by atoms with Crippen LogP contribution in [0.1, 0.15) is 50.9 Å². The van der Waals surface area contributed by atoms with Gasteiger partial charge in [-0.15, -0.1) is 10.2 Å². The van der Waals surface area contributed by atoms with E-state index in [0.29, 0.717) is 19.3 Å². The molecule has 0 radical (unpaired) electrons. The van der Waals surface area contributed by atoms with Crippen LogP contribution in [0.2, 0.25) is 0 Å². The third-order valence-electron chi connectivity index (χ3n) is 3.61. The van der Waals surface area contributed by atoms with Gasteiger partial charge in [0.2, 0.25) is 0 Å². The van der Waals surface area contributed by atoms with Crippen LogP contribution < -0.4 is 5.32 Å². The Morgan fingerprint density at radius 3 is 2.75 bits per heavy atom. The third-order valence-corrected chi connectivity index (χ3v) is 3.61. The fourth-order valence-electron chi connectivity index (χ4n) is 2.16. The van der Waals surface area contributed by atoms with Crippen molar-refractivity contribution in [3.05, 3.63) is 5.82 Å². The highest BCUT2D eigenvalue weighted by Crippen LogP contribution is 2.44. The number of amides is 1. The van der Waals surface area contributed by atoms with E-state index in [-0.39, 0.29) is 18.7 Å². The van der Waals surface area contributed by atoms with Gasteiger partial charge in [-0.1, -0.05) is 18.6 Å². The van der Waals surface area contributed by atoms with Crippen molar-refractivity contribution >= 4 is 5.91 Å². The molecule has 20 heavy (non-hydrogen) atoms. The van der Waals surface area contributed by atoms with Crippen LogP contribution in [-0.2, 0) is 4.79 Å². The fraction of sp³-hybridized carbons (Fsp3) is 0.818. The number of aromatic nitrogens is 4. The van der Waals surface area contributed by atoms with Crippen LogP contribution in [0.3, 0.4) is 0 Å². The van der Waals surface area contributed by atoms with E-state index in [1.54, 1.807) is 0 Å². The summed E-state index contributed by atoms with van der Waals surface area (Å²) in [6.07, 6.45) is 1.39. The summed E-state index contributed by atoms with van der Waals surface area (Å²) in [5.41, 5.74) is -2.23. The molecule has 0 spiro atoms. The molecule has 7 nitrogen and oxygen atoms in total. The maximum atomic E-state index is 14.0. The second kappa shape index (κ2) is 5.39. The number of nitrogens with one attached hydrogen (secondary N) is 2. The first-order chi connectivity index (χ1) is 9.40. The normalized spacial score (nSPS) is 19.2. The van der Waals surface area contributed by atoms with Gasteiger partial charge >= 0.3 is 5.92 Å². The minimum Gasteiger partial charge on any atom is -0.383 e. The van der Waals surface area contributed by atoms with Gasteiger partial charge in [-0.3, -0.25) is 4.79 Å². The lowest BCUT2D eigenvalue weighted by atomic mass is 9.75. The van der Waals surface area contributed by atoms with Crippen molar-refractivity contribution in [1.29, 1.82) is 0 Å². The van der Waals surface area contributed by atoms with Crippen molar-refractivity contribution in [3.63, 3.8) is 0 Å². The number of hydrogen-bond donors (Lipinski definition) is 3. The minimum atomic E-state index is -3.82. The van der Waals surface area contributed by atoms with Gasteiger partial charge in [0.1, 0.15) is 5.60 Å². The summed E-state index contributed by atoms with van der Waals surface area (Å²) in [5, 5.41) is 24.9. The molecule has 0 aliphatic heterocycles. The van der Waals surface area contributed by atoms with E-state index >= 15 is 0 Å². The standard InChI is InChI=1S/C11H17F2N5O2/c1-2-4-7(8-15-17-18-16-8)14-9(19)11(12,13)10(20)5-3-6-10/h7,20H,2-6H2,1H3,(H,14,19)(H,15,16,17,18). The van der Waals surface area contributed by atoms with Crippen LogP contribution >= 0.6 is 0 Å². The Morgan fingerprint density at radius 2 is 2.30 bits per heavy atom. The molecular weight excluding hydrogens is 272 g/mol. The van der Waals surface area contributed by atoms with E-state index in [2.05, 4.69) is 25.9 Å². The van der Waals surface area contributed by atoms with Crippen LogP contribution in [0.25, 0.3) is 0 Å². The zero-order chi connectivity index (χ0) is 14.8. The molecule has 0 saturated heterocycles. The lowest BCUT2D eigenvalue weighted by Gasteiger charge is -2.41. The highest BCUT2D eigenvalue weighted by atomic mass is 19.3. The van der Waals surface area contributed by atoms with Gasteiger partial charge in [0.15, 0.2) is 5.82 Å². The maximum Gasteiger partial charge on any atom is 0.352 e. The highest BCUT2D eigenvalue weighted by molar-refractivity contribution is 5.85. The second-order valence-electron chi connectivity index (χ2n) is 5.04. The first-order valence-corrected chi connectivity index (χ1v) is 6.55. The van der Waals surface area contributed by atoms with Crippen molar-refractivity contribution in [3.8, 4) is 0 Å². The summed E-state index contributed by atoms with van der Waals surface area (Å²) in [5.74, 6) is -5.17. The maximum absolute atomic E-state index is 14.0. The summed E-state index contributed by atoms with van der Waals surface area (Å²) >= 11 is 0. The number of H-pyrrole nitrogens is 1. The molecule has 1 atom stereocenters. The molecule has 1 aliphatic carbocycles. The fourth-order valence-corrected chi connectivity index (χ4v) is 2.16. The van der Waals surface area contributed by atoms with Gasteiger partial charge in [-0.05, 0) is 25.7 Å². The zero-order valence-electron chi connectivity index (χ0n) is 11.1. The molecule has 112 valence electrons. The van der Waals surface area contributed by atoms with E-state index in [1.165, 1.54) is 0 Å².